The predicted molar refractivity (Wildman–Crippen MR) is 138 cm³/mol. The van der Waals surface area contributed by atoms with Crippen LogP contribution in [0.4, 0.5) is 11.5 Å². The summed E-state index contributed by atoms with van der Waals surface area (Å²) in [7, 11) is 0. The van der Waals surface area contributed by atoms with Crippen LogP contribution in [0.2, 0.25) is 0 Å². The molecular weight excluding hydrogens is 506 g/mol. The lowest BCUT2D eigenvalue weighted by Gasteiger charge is -2.18. The van der Waals surface area contributed by atoms with E-state index in [0.29, 0.717) is 22.6 Å². The topological polar surface area (TPSA) is 190 Å². The van der Waals surface area contributed by atoms with Crippen molar-refractivity contribution in [3.8, 4) is 5.75 Å². The van der Waals surface area contributed by atoms with Gasteiger partial charge < -0.3 is 31.5 Å². The van der Waals surface area contributed by atoms with E-state index in [0.717, 1.165) is 0 Å². The fourth-order valence-corrected chi connectivity index (χ4v) is 4.05. The number of aromatic carboxylic acids is 1. The van der Waals surface area contributed by atoms with Crippen LogP contribution in [0.3, 0.4) is 0 Å². The number of anilines is 2. The molecule has 3 heterocycles. The van der Waals surface area contributed by atoms with Gasteiger partial charge in [0, 0.05) is 18.7 Å². The van der Waals surface area contributed by atoms with E-state index < -0.39 is 23.8 Å². The normalized spacial score (nSPS) is 13.1. The number of ether oxygens (including phenoxy) is 1. The number of aromatic nitrogens is 3. The van der Waals surface area contributed by atoms with Crippen LogP contribution in [-0.2, 0) is 11.3 Å². The molecule has 1 atom stereocenters. The van der Waals surface area contributed by atoms with E-state index in [4.69, 9.17) is 15.6 Å². The van der Waals surface area contributed by atoms with E-state index in [-0.39, 0.29) is 47.5 Å². The highest BCUT2D eigenvalue weighted by Gasteiger charge is 2.21. The maximum Gasteiger partial charge on any atom is 0.335 e. The molecule has 1 aliphatic heterocycles. The monoisotopic (exact) mass is 529 g/mol. The maximum absolute atomic E-state index is 13.2. The Morgan fingerprint density at radius 2 is 1.90 bits per heavy atom. The zero-order chi connectivity index (χ0) is 27.7. The lowest BCUT2D eigenvalue weighted by Crippen LogP contribution is -2.30. The van der Waals surface area contributed by atoms with Gasteiger partial charge in [0.1, 0.15) is 23.0 Å². The Morgan fingerprint density at radius 3 is 2.64 bits per heavy atom. The number of fused-ring (bicyclic) bond motifs is 2. The summed E-state index contributed by atoms with van der Waals surface area (Å²) in [4.78, 5) is 53.2. The molecule has 0 spiro atoms. The van der Waals surface area contributed by atoms with E-state index in [9.17, 15) is 19.2 Å². The molecule has 4 aromatic rings. The molecule has 6 N–H and O–H groups in total. The highest BCUT2D eigenvalue weighted by atomic mass is 16.5. The average molecular weight is 530 g/mol. The second kappa shape index (κ2) is 10.1. The average Bonchev–Trinajstić information content (AvgIpc) is 3.30. The van der Waals surface area contributed by atoms with Gasteiger partial charge in [0.15, 0.2) is 12.3 Å². The van der Waals surface area contributed by atoms with Crippen molar-refractivity contribution in [1.29, 1.82) is 0 Å². The van der Waals surface area contributed by atoms with E-state index in [1.165, 1.54) is 28.8 Å². The number of nitrogens with one attached hydrogen (secondary N) is 3. The van der Waals surface area contributed by atoms with Crippen molar-refractivity contribution < 1.29 is 29.0 Å². The number of hydrogen-bond acceptors (Lipinski definition) is 8. The first-order chi connectivity index (χ1) is 18.7. The number of amides is 3. The van der Waals surface area contributed by atoms with E-state index in [1.54, 1.807) is 37.3 Å². The molecule has 3 amide bonds. The summed E-state index contributed by atoms with van der Waals surface area (Å²) in [5.74, 6) is -1.74. The second-order valence-electron chi connectivity index (χ2n) is 8.84. The van der Waals surface area contributed by atoms with Crippen molar-refractivity contribution in [2.75, 3.05) is 17.7 Å². The molecule has 1 aliphatic rings. The molecule has 0 fully saturated rings. The van der Waals surface area contributed by atoms with Gasteiger partial charge in [-0.3, -0.25) is 14.4 Å². The van der Waals surface area contributed by atoms with Gasteiger partial charge in [-0.1, -0.05) is 18.2 Å². The summed E-state index contributed by atoms with van der Waals surface area (Å²) in [6.45, 7) is 1.81. The zero-order valence-corrected chi connectivity index (χ0v) is 20.6. The van der Waals surface area contributed by atoms with Gasteiger partial charge in [0.2, 0.25) is 0 Å². The number of carboxylic acid groups (broad SMARTS) is 1. The zero-order valence-electron chi connectivity index (χ0n) is 20.6. The first-order valence-electron chi connectivity index (χ1n) is 11.8. The Bertz CT molecular complexity index is 1630. The number of benzene rings is 2. The van der Waals surface area contributed by atoms with Gasteiger partial charge in [0.05, 0.1) is 17.3 Å². The van der Waals surface area contributed by atoms with Gasteiger partial charge in [-0.15, -0.1) is 5.10 Å². The van der Waals surface area contributed by atoms with Crippen LogP contribution in [0, 0.1) is 0 Å². The van der Waals surface area contributed by atoms with E-state index >= 15 is 0 Å². The van der Waals surface area contributed by atoms with Crippen LogP contribution in [-0.4, -0.2) is 50.0 Å². The molecule has 2 aromatic carbocycles. The van der Waals surface area contributed by atoms with Gasteiger partial charge in [-0.05, 0) is 42.3 Å². The minimum absolute atomic E-state index is 0.0272. The van der Waals surface area contributed by atoms with E-state index in [1.807, 2.05) is 0 Å². The van der Waals surface area contributed by atoms with Crippen LogP contribution in [0.1, 0.15) is 55.4 Å². The Hall–Kier alpha value is -5.46. The largest absolute Gasteiger partial charge is 0.482 e. The van der Waals surface area contributed by atoms with Crippen molar-refractivity contribution in [1.82, 2.24) is 25.2 Å². The Morgan fingerprint density at radius 1 is 1.13 bits per heavy atom. The van der Waals surface area contributed by atoms with E-state index in [2.05, 4.69) is 26.0 Å². The first kappa shape index (κ1) is 25.2. The molecule has 0 saturated heterocycles. The number of rotatable bonds is 7. The molecule has 5 rings (SSSR count). The summed E-state index contributed by atoms with van der Waals surface area (Å²) in [5.41, 5.74) is 8.07. The standard InChI is InChI=1S/C26H23N7O6/c1-13(15-3-5-16(6-4-15)26(37)38)29-25(36)19-9-18(30-22-10-21(27)32-33(19)22)24(35)28-11-14-2-7-20-17(8-14)31-23(34)12-39-20/h2-10,13H,11-12H2,1H3,(H2,27,32)(H,28,35)(H,29,36)(H,31,34)(H,37,38)/t13-/m1/s1. The van der Waals surface area contributed by atoms with Gasteiger partial charge in [-0.2, -0.15) is 0 Å². The first-order valence-corrected chi connectivity index (χ1v) is 11.8. The molecule has 13 heteroatoms. The number of nitrogens with two attached hydrogens (primary N) is 1. The molecule has 0 radical (unpaired) electrons. The fraction of sp³-hybridized carbons (Fsp3) is 0.154. The van der Waals surface area contributed by atoms with Gasteiger partial charge >= 0.3 is 5.97 Å². The minimum atomic E-state index is -1.05. The summed E-state index contributed by atoms with van der Waals surface area (Å²) in [5, 5.41) is 21.5. The van der Waals surface area contributed by atoms with Crippen LogP contribution >= 0.6 is 0 Å². The minimum Gasteiger partial charge on any atom is -0.482 e. The third-order valence-electron chi connectivity index (χ3n) is 6.05. The molecule has 39 heavy (non-hydrogen) atoms. The SMILES string of the molecule is C[C@@H](NC(=O)c1cc(C(=O)NCc2ccc3c(c2)NC(=O)CO3)nc2cc(N)nn12)c1ccc(C(=O)O)cc1. The summed E-state index contributed by atoms with van der Waals surface area (Å²) >= 11 is 0. The lowest BCUT2D eigenvalue weighted by atomic mass is 10.1. The second-order valence-corrected chi connectivity index (χ2v) is 8.84. The summed E-state index contributed by atoms with van der Waals surface area (Å²) < 4.78 is 6.59. The highest BCUT2D eigenvalue weighted by molar-refractivity contribution is 5.99. The summed E-state index contributed by atoms with van der Waals surface area (Å²) in [6.07, 6.45) is 0. The number of carbonyl (C=O) groups excluding carboxylic acids is 3. The Labute approximate surface area is 221 Å². The maximum atomic E-state index is 13.2. The molecule has 2 aromatic heterocycles. The number of nitrogens with zero attached hydrogens (tertiary/aromatic N) is 3. The number of nitrogen functional groups attached to an aromatic ring is 1. The van der Waals surface area contributed by atoms with Crippen LogP contribution in [0.5, 0.6) is 5.75 Å². The Balaban J connectivity index is 1.34. The quantitative estimate of drug-likeness (QED) is 0.237. The lowest BCUT2D eigenvalue weighted by molar-refractivity contribution is -0.118. The number of hydrogen-bond donors (Lipinski definition) is 5. The smallest absolute Gasteiger partial charge is 0.335 e. The molecule has 13 nitrogen and oxygen atoms in total. The molecular formula is C26H23N7O6. The molecule has 0 bridgehead atoms. The fourth-order valence-electron chi connectivity index (χ4n) is 4.05. The van der Waals surface area contributed by atoms with Crippen molar-refractivity contribution >= 4 is 40.8 Å². The van der Waals surface area contributed by atoms with Crippen LogP contribution in [0.15, 0.2) is 54.6 Å². The van der Waals surface area contributed by atoms with Crippen LogP contribution < -0.4 is 26.4 Å². The van der Waals surface area contributed by atoms with Crippen molar-refractivity contribution in [3.63, 3.8) is 0 Å². The molecule has 0 unspecified atom stereocenters. The van der Waals surface area contributed by atoms with Crippen molar-refractivity contribution in [2.45, 2.75) is 19.5 Å². The molecule has 198 valence electrons. The highest BCUT2D eigenvalue weighted by Crippen LogP contribution is 2.28. The Kier molecular flexibility index (Phi) is 6.54. The molecule has 0 aliphatic carbocycles. The number of carboxylic acids is 1. The van der Waals surface area contributed by atoms with Crippen LogP contribution in [0.25, 0.3) is 5.65 Å². The van der Waals surface area contributed by atoms with Gasteiger partial charge in [0.25, 0.3) is 17.7 Å². The predicted octanol–water partition coefficient (Wildman–Crippen LogP) is 1.76. The number of carbonyl (C=O) groups is 4. The van der Waals surface area contributed by atoms with Crippen molar-refractivity contribution in [3.05, 3.63) is 82.7 Å². The van der Waals surface area contributed by atoms with Crippen molar-refractivity contribution in [2.24, 2.45) is 0 Å². The third kappa shape index (κ3) is 5.32. The summed E-state index contributed by atoms with van der Waals surface area (Å²) in [6, 6.07) is 13.5. The molecule has 0 saturated carbocycles. The van der Waals surface area contributed by atoms with Gasteiger partial charge in [-0.25, -0.2) is 14.3 Å². The third-order valence-corrected chi connectivity index (χ3v) is 6.05.